The van der Waals surface area contributed by atoms with Crippen molar-refractivity contribution in [1.29, 1.82) is 0 Å². The third-order valence-electron chi connectivity index (χ3n) is 7.29. The maximum atomic E-state index is 13.5. The van der Waals surface area contributed by atoms with Crippen LogP contribution in [0.3, 0.4) is 0 Å². The fourth-order valence-corrected chi connectivity index (χ4v) is 5.36. The van der Waals surface area contributed by atoms with Crippen molar-refractivity contribution in [3.63, 3.8) is 0 Å². The van der Waals surface area contributed by atoms with Gasteiger partial charge in [-0.3, -0.25) is 9.59 Å². The van der Waals surface area contributed by atoms with Gasteiger partial charge in [0.2, 0.25) is 0 Å². The highest BCUT2D eigenvalue weighted by Gasteiger charge is 2.36. The minimum absolute atomic E-state index is 0.00946. The van der Waals surface area contributed by atoms with Gasteiger partial charge in [-0.1, -0.05) is 36.4 Å². The fraction of sp³-hybridized carbons (Fsp3) is 0.355. The molecule has 1 atom stereocenters. The van der Waals surface area contributed by atoms with Crippen molar-refractivity contribution in [3.8, 4) is 5.75 Å². The molecule has 3 aromatic rings. The first-order valence-electron chi connectivity index (χ1n) is 13.6. The third-order valence-corrected chi connectivity index (χ3v) is 7.29. The van der Waals surface area contributed by atoms with E-state index in [1.807, 2.05) is 83.5 Å². The number of fused-ring (bicyclic) bond motifs is 1. The van der Waals surface area contributed by atoms with Crippen molar-refractivity contribution in [3.05, 3.63) is 89.5 Å². The molecule has 0 aromatic heterocycles. The summed E-state index contributed by atoms with van der Waals surface area (Å²) in [5, 5.41) is 3.52. The molecule has 2 aliphatic rings. The SMILES string of the molecule is CCOc1ccccc1N1CCN(C(=O)c2cccc(NC3c4ccccc4C(=O)N3CCCOC)c2)CC1. The van der Waals surface area contributed by atoms with Crippen LogP contribution in [-0.2, 0) is 4.74 Å². The second kappa shape index (κ2) is 12.2. The number of hydrogen-bond acceptors (Lipinski definition) is 6. The van der Waals surface area contributed by atoms with Gasteiger partial charge >= 0.3 is 0 Å². The highest BCUT2D eigenvalue weighted by Crippen LogP contribution is 2.35. The summed E-state index contributed by atoms with van der Waals surface area (Å²) < 4.78 is 11.0. The van der Waals surface area contributed by atoms with Crippen molar-refractivity contribution in [1.82, 2.24) is 9.80 Å². The molecule has 5 rings (SSSR count). The van der Waals surface area contributed by atoms with Gasteiger partial charge in [0.1, 0.15) is 11.9 Å². The molecule has 1 saturated heterocycles. The van der Waals surface area contributed by atoms with E-state index in [9.17, 15) is 9.59 Å². The normalized spacial score (nSPS) is 16.8. The molecule has 204 valence electrons. The molecule has 1 unspecified atom stereocenters. The summed E-state index contributed by atoms with van der Waals surface area (Å²) in [7, 11) is 1.67. The Labute approximate surface area is 230 Å². The predicted octanol–water partition coefficient (Wildman–Crippen LogP) is 4.65. The Hall–Kier alpha value is -4.04. The number of ether oxygens (including phenoxy) is 2. The molecular weight excluding hydrogens is 492 g/mol. The maximum Gasteiger partial charge on any atom is 0.256 e. The molecule has 0 saturated carbocycles. The lowest BCUT2D eigenvalue weighted by atomic mass is 10.1. The van der Waals surface area contributed by atoms with Crippen LogP contribution < -0.4 is 15.0 Å². The molecule has 1 N–H and O–H groups in total. The van der Waals surface area contributed by atoms with Gasteiger partial charge in [-0.05, 0) is 49.7 Å². The van der Waals surface area contributed by atoms with E-state index in [4.69, 9.17) is 9.47 Å². The lowest BCUT2D eigenvalue weighted by molar-refractivity contribution is 0.0718. The van der Waals surface area contributed by atoms with Crippen LogP contribution in [0.5, 0.6) is 5.75 Å². The molecule has 39 heavy (non-hydrogen) atoms. The number of para-hydroxylation sites is 2. The number of amides is 2. The van der Waals surface area contributed by atoms with Crippen LogP contribution in [0.4, 0.5) is 11.4 Å². The van der Waals surface area contributed by atoms with Crippen LogP contribution in [0.2, 0.25) is 0 Å². The monoisotopic (exact) mass is 528 g/mol. The molecule has 3 aromatic carbocycles. The van der Waals surface area contributed by atoms with E-state index in [0.717, 1.165) is 42.2 Å². The van der Waals surface area contributed by atoms with Gasteiger partial charge in [-0.2, -0.15) is 0 Å². The second-order valence-electron chi connectivity index (χ2n) is 9.74. The zero-order valence-electron chi connectivity index (χ0n) is 22.6. The molecule has 2 heterocycles. The number of hydrogen-bond donors (Lipinski definition) is 1. The van der Waals surface area contributed by atoms with Gasteiger partial charge in [0.05, 0.1) is 12.3 Å². The summed E-state index contributed by atoms with van der Waals surface area (Å²) >= 11 is 0. The molecular formula is C31H36N4O4. The van der Waals surface area contributed by atoms with Gasteiger partial charge in [0.15, 0.2) is 0 Å². The zero-order valence-corrected chi connectivity index (χ0v) is 22.6. The van der Waals surface area contributed by atoms with Crippen molar-refractivity contribution in [2.75, 3.05) is 63.3 Å². The Morgan fingerprint density at radius 1 is 0.974 bits per heavy atom. The van der Waals surface area contributed by atoms with Crippen molar-refractivity contribution in [2.24, 2.45) is 0 Å². The average molecular weight is 529 g/mol. The summed E-state index contributed by atoms with van der Waals surface area (Å²) in [4.78, 5) is 32.6. The highest BCUT2D eigenvalue weighted by molar-refractivity contribution is 5.99. The minimum atomic E-state index is -0.301. The van der Waals surface area contributed by atoms with Gasteiger partial charge in [-0.25, -0.2) is 0 Å². The molecule has 0 bridgehead atoms. The Bertz CT molecular complexity index is 1310. The highest BCUT2D eigenvalue weighted by atomic mass is 16.5. The fourth-order valence-electron chi connectivity index (χ4n) is 5.36. The van der Waals surface area contributed by atoms with E-state index < -0.39 is 0 Å². The lowest BCUT2D eigenvalue weighted by Gasteiger charge is -2.36. The summed E-state index contributed by atoms with van der Waals surface area (Å²) in [5.74, 6) is 0.897. The lowest BCUT2D eigenvalue weighted by Crippen LogP contribution is -2.48. The summed E-state index contributed by atoms with van der Waals surface area (Å²) in [6.07, 6.45) is 0.443. The molecule has 8 heteroatoms. The number of anilines is 2. The van der Waals surface area contributed by atoms with Crippen LogP contribution in [0.1, 0.15) is 45.8 Å². The molecule has 1 fully saturated rings. The number of rotatable bonds is 10. The average Bonchev–Trinajstić information content (AvgIpc) is 3.24. The van der Waals surface area contributed by atoms with Gasteiger partial charge < -0.3 is 29.5 Å². The van der Waals surface area contributed by atoms with Crippen molar-refractivity contribution >= 4 is 23.2 Å². The Balaban J connectivity index is 1.27. The Morgan fingerprint density at radius 2 is 1.74 bits per heavy atom. The van der Waals surface area contributed by atoms with Gasteiger partial charge in [0.25, 0.3) is 11.8 Å². The topological polar surface area (TPSA) is 74.4 Å². The largest absolute Gasteiger partial charge is 0.492 e. The maximum absolute atomic E-state index is 13.5. The number of nitrogens with zero attached hydrogens (tertiary/aromatic N) is 3. The van der Waals surface area contributed by atoms with Gasteiger partial charge in [-0.15, -0.1) is 0 Å². The van der Waals surface area contributed by atoms with E-state index in [1.54, 1.807) is 7.11 Å². The first-order valence-corrected chi connectivity index (χ1v) is 13.6. The zero-order chi connectivity index (χ0) is 27.2. The number of methoxy groups -OCH3 is 1. The second-order valence-corrected chi connectivity index (χ2v) is 9.74. The standard InChI is InChI=1S/C31H36N4O4/c1-3-39-28-15-7-6-14-27(28)33-17-19-34(20-18-33)30(36)23-10-8-11-24(22-23)32-29-25-12-4-5-13-26(25)31(37)35(29)16-9-21-38-2/h4-8,10-15,22,29,32H,3,9,16-21H2,1-2H3. The van der Waals surface area contributed by atoms with Gasteiger partial charge in [0, 0.05) is 68.8 Å². The first-order chi connectivity index (χ1) is 19.1. The summed E-state index contributed by atoms with van der Waals surface area (Å²) in [6, 6.07) is 23.3. The number of nitrogens with one attached hydrogen (secondary N) is 1. The molecule has 0 spiro atoms. The smallest absolute Gasteiger partial charge is 0.256 e. The Kier molecular flexibility index (Phi) is 8.32. The summed E-state index contributed by atoms with van der Waals surface area (Å²) in [5.41, 5.74) is 4.16. The van der Waals surface area contributed by atoms with Crippen LogP contribution in [0.15, 0.2) is 72.8 Å². The molecule has 8 nitrogen and oxygen atoms in total. The number of carbonyl (C=O) groups is 2. The summed E-state index contributed by atoms with van der Waals surface area (Å²) in [6.45, 7) is 6.51. The number of benzene rings is 3. The quantitative estimate of drug-likeness (QED) is 0.386. The third kappa shape index (κ3) is 5.71. The molecule has 0 radical (unpaired) electrons. The van der Waals surface area contributed by atoms with Crippen LogP contribution in [0, 0.1) is 0 Å². The van der Waals surface area contributed by atoms with E-state index >= 15 is 0 Å². The minimum Gasteiger partial charge on any atom is -0.492 e. The van der Waals surface area contributed by atoms with Crippen LogP contribution >= 0.6 is 0 Å². The van der Waals surface area contributed by atoms with Crippen LogP contribution in [0.25, 0.3) is 0 Å². The molecule has 2 aliphatic heterocycles. The first kappa shape index (κ1) is 26.6. The number of carbonyl (C=O) groups excluding carboxylic acids is 2. The number of piperazine rings is 1. The Morgan fingerprint density at radius 3 is 2.54 bits per heavy atom. The van der Waals surface area contributed by atoms with E-state index in [-0.39, 0.29) is 18.0 Å². The molecule has 0 aliphatic carbocycles. The molecule has 2 amide bonds. The van der Waals surface area contributed by atoms with E-state index in [0.29, 0.717) is 44.0 Å². The van der Waals surface area contributed by atoms with E-state index in [1.165, 1.54) is 0 Å². The van der Waals surface area contributed by atoms with Crippen molar-refractivity contribution in [2.45, 2.75) is 19.5 Å². The van der Waals surface area contributed by atoms with Crippen LogP contribution in [-0.4, -0.2) is 74.7 Å². The van der Waals surface area contributed by atoms with Crippen molar-refractivity contribution < 1.29 is 19.1 Å². The van der Waals surface area contributed by atoms with E-state index in [2.05, 4.69) is 16.3 Å². The predicted molar refractivity (Wildman–Crippen MR) is 153 cm³/mol.